The van der Waals surface area contributed by atoms with Gasteiger partial charge in [0, 0.05) is 29.6 Å². The third-order valence-corrected chi connectivity index (χ3v) is 2.82. The number of fused-ring (bicyclic) bond motifs is 1. The number of hydrogen-bond acceptors (Lipinski definition) is 4. The molecule has 5 nitrogen and oxygen atoms in total. The Morgan fingerprint density at radius 2 is 2.17 bits per heavy atom. The first-order chi connectivity index (χ1) is 8.78. The second-order valence-corrected chi connectivity index (χ2v) is 4.06. The first-order valence-corrected chi connectivity index (χ1v) is 5.60. The Bertz CT molecular complexity index is 712. The van der Waals surface area contributed by atoms with Gasteiger partial charge in [0.1, 0.15) is 6.54 Å². The molecule has 2 heterocycles. The highest BCUT2D eigenvalue weighted by Crippen LogP contribution is 2.20. The molecule has 0 saturated carbocycles. The van der Waals surface area contributed by atoms with E-state index in [4.69, 9.17) is 4.42 Å². The van der Waals surface area contributed by atoms with Crippen molar-refractivity contribution in [3.05, 3.63) is 47.8 Å². The Balaban J connectivity index is 2.09. The van der Waals surface area contributed by atoms with E-state index in [1.54, 1.807) is 13.1 Å². The fraction of sp³-hybridized carbons (Fsp3) is 0.154. The van der Waals surface area contributed by atoms with Crippen molar-refractivity contribution in [1.82, 2.24) is 14.8 Å². The zero-order valence-electron chi connectivity index (χ0n) is 9.83. The maximum absolute atomic E-state index is 11.0. The molecule has 0 aliphatic rings. The van der Waals surface area contributed by atoms with Crippen LogP contribution >= 0.6 is 0 Å². The average Bonchev–Trinajstić information content (AvgIpc) is 2.95. The summed E-state index contributed by atoms with van der Waals surface area (Å²) >= 11 is 0. The van der Waals surface area contributed by atoms with Crippen molar-refractivity contribution in [2.24, 2.45) is 0 Å². The lowest BCUT2D eigenvalue weighted by molar-refractivity contribution is 0.112. The number of hydrogen-bond donors (Lipinski definition) is 0. The van der Waals surface area contributed by atoms with E-state index >= 15 is 0 Å². The van der Waals surface area contributed by atoms with Crippen LogP contribution in [0.1, 0.15) is 22.1 Å². The number of aryl methyl sites for hydroxylation is 1. The van der Waals surface area contributed by atoms with Gasteiger partial charge < -0.3 is 8.98 Å². The second kappa shape index (κ2) is 4.10. The van der Waals surface area contributed by atoms with E-state index in [1.165, 1.54) is 0 Å². The van der Waals surface area contributed by atoms with Crippen LogP contribution in [-0.2, 0) is 6.54 Å². The van der Waals surface area contributed by atoms with Gasteiger partial charge in [-0.25, -0.2) is 0 Å². The largest absolute Gasteiger partial charge is 0.424 e. The van der Waals surface area contributed by atoms with Crippen LogP contribution in [0.2, 0.25) is 0 Å². The molecule has 0 bridgehead atoms. The number of rotatable bonds is 3. The number of carbonyl (C=O) groups is 1. The highest BCUT2D eigenvalue weighted by atomic mass is 16.4. The van der Waals surface area contributed by atoms with Crippen molar-refractivity contribution in [2.75, 3.05) is 0 Å². The molecule has 3 aromatic rings. The van der Waals surface area contributed by atoms with Crippen LogP contribution in [0.5, 0.6) is 0 Å². The number of benzene rings is 1. The van der Waals surface area contributed by atoms with Gasteiger partial charge in [-0.05, 0) is 6.07 Å². The van der Waals surface area contributed by atoms with Gasteiger partial charge in [0.05, 0.1) is 0 Å². The van der Waals surface area contributed by atoms with Crippen LogP contribution in [-0.4, -0.2) is 21.1 Å². The molecule has 0 saturated heterocycles. The van der Waals surface area contributed by atoms with Crippen molar-refractivity contribution < 1.29 is 9.21 Å². The number of nitrogens with zero attached hydrogens (tertiary/aromatic N) is 3. The molecular weight excluding hydrogens is 230 g/mol. The van der Waals surface area contributed by atoms with Gasteiger partial charge in [0.15, 0.2) is 6.29 Å². The standard InChI is InChI=1S/C13H11N3O2/c1-9-14-15-13(18-9)7-16-6-10(8-17)11-4-2-3-5-12(11)16/h2-6,8H,7H2,1H3. The van der Waals surface area contributed by atoms with E-state index in [0.717, 1.165) is 17.2 Å². The van der Waals surface area contributed by atoms with Crippen LogP contribution in [0.25, 0.3) is 10.9 Å². The normalized spacial score (nSPS) is 10.9. The topological polar surface area (TPSA) is 60.9 Å². The minimum Gasteiger partial charge on any atom is -0.424 e. The second-order valence-electron chi connectivity index (χ2n) is 4.06. The lowest BCUT2D eigenvalue weighted by Crippen LogP contribution is -1.98. The first-order valence-electron chi connectivity index (χ1n) is 5.60. The van der Waals surface area contributed by atoms with Crippen LogP contribution in [0, 0.1) is 6.92 Å². The Morgan fingerprint density at radius 3 is 2.89 bits per heavy atom. The maximum Gasteiger partial charge on any atom is 0.236 e. The van der Waals surface area contributed by atoms with Crippen molar-refractivity contribution >= 4 is 17.2 Å². The summed E-state index contributed by atoms with van der Waals surface area (Å²) in [4.78, 5) is 11.0. The van der Waals surface area contributed by atoms with E-state index in [0.29, 0.717) is 23.9 Å². The quantitative estimate of drug-likeness (QED) is 0.659. The molecule has 0 atom stereocenters. The average molecular weight is 241 g/mol. The molecule has 0 unspecified atom stereocenters. The summed E-state index contributed by atoms with van der Waals surface area (Å²) in [6.45, 7) is 2.22. The van der Waals surface area contributed by atoms with Crippen LogP contribution in [0.15, 0.2) is 34.9 Å². The van der Waals surface area contributed by atoms with E-state index in [1.807, 2.05) is 28.8 Å². The predicted octanol–water partition coefficient (Wildman–Crippen LogP) is 2.19. The summed E-state index contributed by atoms with van der Waals surface area (Å²) in [5, 5.41) is 8.68. The van der Waals surface area contributed by atoms with Gasteiger partial charge in [-0.15, -0.1) is 10.2 Å². The molecule has 0 aliphatic heterocycles. The number of para-hydroxylation sites is 1. The van der Waals surface area contributed by atoms with Gasteiger partial charge in [-0.3, -0.25) is 4.79 Å². The molecule has 90 valence electrons. The fourth-order valence-electron chi connectivity index (χ4n) is 2.05. The van der Waals surface area contributed by atoms with Gasteiger partial charge in [-0.2, -0.15) is 0 Å². The maximum atomic E-state index is 11.0. The zero-order chi connectivity index (χ0) is 12.5. The minimum absolute atomic E-state index is 0.467. The molecule has 0 fully saturated rings. The smallest absolute Gasteiger partial charge is 0.236 e. The van der Waals surface area contributed by atoms with E-state index in [-0.39, 0.29) is 0 Å². The highest BCUT2D eigenvalue weighted by Gasteiger charge is 2.10. The Morgan fingerprint density at radius 1 is 1.33 bits per heavy atom. The molecule has 0 amide bonds. The monoisotopic (exact) mass is 241 g/mol. The highest BCUT2D eigenvalue weighted by molar-refractivity contribution is 5.97. The molecular formula is C13H11N3O2. The summed E-state index contributed by atoms with van der Waals surface area (Å²) in [7, 11) is 0. The first kappa shape index (κ1) is 10.7. The Kier molecular flexibility index (Phi) is 2.44. The summed E-state index contributed by atoms with van der Waals surface area (Å²) in [6, 6.07) is 7.74. The minimum atomic E-state index is 0.467. The van der Waals surface area contributed by atoms with Crippen LogP contribution in [0.3, 0.4) is 0 Å². The summed E-state index contributed by atoms with van der Waals surface area (Å²) in [6.07, 6.45) is 2.66. The number of carbonyl (C=O) groups excluding carboxylic acids is 1. The van der Waals surface area contributed by atoms with E-state index in [2.05, 4.69) is 10.2 Å². The summed E-state index contributed by atoms with van der Waals surface area (Å²) in [5.74, 6) is 1.07. The Hall–Kier alpha value is -2.43. The lowest BCUT2D eigenvalue weighted by Gasteiger charge is -2.00. The van der Waals surface area contributed by atoms with Crippen LogP contribution < -0.4 is 0 Å². The molecule has 0 spiro atoms. The number of aldehydes is 1. The number of aromatic nitrogens is 3. The van der Waals surface area contributed by atoms with Crippen molar-refractivity contribution in [1.29, 1.82) is 0 Å². The predicted molar refractivity (Wildman–Crippen MR) is 65.5 cm³/mol. The third-order valence-electron chi connectivity index (χ3n) is 2.82. The molecule has 1 aromatic carbocycles. The summed E-state index contributed by atoms with van der Waals surface area (Å²) in [5.41, 5.74) is 1.65. The van der Waals surface area contributed by atoms with Crippen LogP contribution in [0.4, 0.5) is 0 Å². The van der Waals surface area contributed by atoms with Crippen molar-refractivity contribution in [2.45, 2.75) is 13.5 Å². The molecule has 0 N–H and O–H groups in total. The van der Waals surface area contributed by atoms with E-state index < -0.39 is 0 Å². The molecule has 5 heteroatoms. The molecule has 0 radical (unpaired) electrons. The van der Waals surface area contributed by atoms with Gasteiger partial charge >= 0.3 is 0 Å². The lowest BCUT2D eigenvalue weighted by atomic mass is 10.2. The molecule has 0 aliphatic carbocycles. The van der Waals surface area contributed by atoms with Gasteiger partial charge in [0.25, 0.3) is 0 Å². The third kappa shape index (κ3) is 1.69. The fourth-order valence-corrected chi connectivity index (χ4v) is 2.05. The van der Waals surface area contributed by atoms with Crippen molar-refractivity contribution in [3.8, 4) is 0 Å². The van der Waals surface area contributed by atoms with Gasteiger partial charge in [-0.1, -0.05) is 18.2 Å². The molecule has 2 aromatic heterocycles. The zero-order valence-corrected chi connectivity index (χ0v) is 9.83. The molecule has 3 rings (SSSR count). The van der Waals surface area contributed by atoms with Crippen molar-refractivity contribution in [3.63, 3.8) is 0 Å². The van der Waals surface area contributed by atoms with E-state index in [9.17, 15) is 4.79 Å². The molecule has 18 heavy (non-hydrogen) atoms. The Labute approximate surface area is 103 Å². The summed E-state index contributed by atoms with van der Waals surface area (Å²) < 4.78 is 7.28. The van der Waals surface area contributed by atoms with Gasteiger partial charge in [0.2, 0.25) is 11.8 Å². The SMILES string of the molecule is Cc1nnc(Cn2cc(C=O)c3ccccc32)o1.